The number of benzene rings is 1. The van der Waals surface area contributed by atoms with Crippen LogP contribution in [0.1, 0.15) is 50.5 Å². The third kappa shape index (κ3) is 4.23. The van der Waals surface area contributed by atoms with Crippen molar-refractivity contribution in [3.05, 3.63) is 44.7 Å². The summed E-state index contributed by atoms with van der Waals surface area (Å²) in [5.41, 5.74) is 3.16. The highest BCUT2D eigenvalue weighted by Gasteiger charge is 2.40. The highest BCUT2D eigenvalue weighted by atomic mass is 79.9. The molecule has 0 spiro atoms. The van der Waals surface area contributed by atoms with E-state index in [9.17, 15) is 14.7 Å². The number of halogens is 1. The number of carbonyl (C=O) groups excluding carboxylic acids is 2. The molecule has 0 bridgehead atoms. The molecule has 1 fully saturated rings. The fourth-order valence-corrected chi connectivity index (χ4v) is 4.99. The largest absolute Gasteiger partial charge is 0.503 e. The Morgan fingerprint density at radius 3 is 2.84 bits per heavy atom. The summed E-state index contributed by atoms with van der Waals surface area (Å²) in [4.78, 5) is 26.2. The van der Waals surface area contributed by atoms with E-state index in [4.69, 9.17) is 14.2 Å². The van der Waals surface area contributed by atoms with Crippen molar-refractivity contribution in [2.24, 2.45) is 0 Å². The molecule has 2 aliphatic heterocycles. The van der Waals surface area contributed by atoms with Gasteiger partial charge in [-0.3, -0.25) is 4.79 Å². The topological polar surface area (TPSA) is 94.1 Å². The number of Topliss-reactive ketones (excluding diaryl/α,β-unsaturated/α-hetero) is 1. The Balaban J connectivity index is 1.76. The van der Waals surface area contributed by atoms with Gasteiger partial charge in [0.1, 0.15) is 6.61 Å². The number of methoxy groups -OCH3 is 1. The van der Waals surface area contributed by atoms with Gasteiger partial charge in [0.25, 0.3) is 0 Å². The number of ketones is 1. The third-order valence-corrected chi connectivity index (χ3v) is 6.63. The zero-order valence-electron chi connectivity index (χ0n) is 17.6. The number of hydrogen-bond acceptors (Lipinski definition) is 7. The lowest BCUT2D eigenvalue weighted by molar-refractivity contribution is -0.142. The minimum Gasteiger partial charge on any atom is -0.503 e. The molecular formula is C23H26BrNO6. The molecule has 0 radical (unpaired) electrons. The van der Waals surface area contributed by atoms with E-state index in [0.29, 0.717) is 39.9 Å². The molecule has 0 saturated carbocycles. The molecule has 3 aliphatic rings. The van der Waals surface area contributed by atoms with Gasteiger partial charge in [-0.25, -0.2) is 4.79 Å². The van der Waals surface area contributed by atoms with E-state index in [1.54, 1.807) is 12.1 Å². The normalized spacial score (nSPS) is 23.5. The van der Waals surface area contributed by atoms with E-state index in [1.807, 2.05) is 6.92 Å². The summed E-state index contributed by atoms with van der Waals surface area (Å²) in [5, 5.41) is 13.5. The molecule has 4 rings (SSSR count). The molecule has 0 unspecified atom stereocenters. The molecule has 166 valence electrons. The van der Waals surface area contributed by atoms with Gasteiger partial charge in [0, 0.05) is 35.9 Å². The van der Waals surface area contributed by atoms with Gasteiger partial charge in [-0.05, 0) is 66.2 Å². The highest BCUT2D eigenvalue weighted by Crippen LogP contribution is 2.46. The molecule has 31 heavy (non-hydrogen) atoms. The molecule has 1 aliphatic carbocycles. The molecular weight excluding hydrogens is 466 g/mol. The average Bonchev–Trinajstić information content (AvgIpc) is 3.27. The quantitative estimate of drug-likeness (QED) is 0.603. The number of aromatic hydroxyl groups is 1. The molecule has 1 aromatic rings. The van der Waals surface area contributed by atoms with Crippen molar-refractivity contribution >= 4 is 27.7 Å². The lowest BCUT2D eigenvalue weighted by Gasteiger charge is -2.34. The minimum absolute atomic E-state index is 0.0128. The van der Waals surface area contributed by atoms with Crippen molar-refractivity contribution in [1.29, 1.82) is 0 Å². The zero-order valence-corrected chi connectivity index (χ0v) is 19.2. The van der Waals surface area contributed by atoms with Crippen molar-refractivity contribution < 1.29 is 28.9 Å². The lowest BCUT2D eigenvalue weighted by atomic mass is 9.75. The molecule has 1 saturated heterocycles. The van der Waals surface area contributed by atoms with Gasteiger partial charge in [-0.1, -0.05) is 0 Å². The van der Waals surface area contributed by atoms with Crippen LogP contribution in [0.2, 0.25) is 0 Å². The number of phenols is 1. The van der Waals surface area contributed by atoms with Crippen LogP contribution in [0.15, 0.2) is 39.1 Å². The van der Waals surface area contributed by atoms with Crippen LogP contribution < -0.4 is 10.1 Å². The first-order chi connectivity index (χ1) is 14.9. The lowest BCUT2D eigenvalue weighted by Crippen LogP contribution is -2.35. The van der Waals surface area contributed by atoms with Crippen LogP contribution >= 0.6 is 15.9 Å². The van der Waals surface area contributed by atoms with Gasteiger partial charge in [0.2, 0.25) is 0 Å². The Hall–Kier alpha value is -2.32. The van der Waals surface area contributed by atoms with Crippen LogP contribution in [-0.4, -0.2) is 43.3 Å². The average molecular weight is 492 g/mol. The van der Waals surface area contributed by atoms with Crippen LogP contribution in [-0.2, 0) is 19.1 Å². The first kappa shape index (κ1) is 21.9. The number of hydrogen-bond donors (Lipinski definition) is 2. The van der Waals surface area contributed by atoms with Crippen LogP contribution in [0.25, 0.3) is 0 Å². The second-order valence-electron chi connectivity index (χ2n) is 8.05. The molecule has 8 heteroatoms. The predicted molar refractivity (Wildman–Crippen MR) is 117 cm³/mol. The number of carbonyl (C=O) groups is 2. The van der Waals surface area contributed by atoms with Crippen molar-refractivity contribution in [3.8, 4) is 11.5 Å². The summed E-state index contributed by atoms with van der Waals surface area (Å²) in [6.07, 6.45) is 3.68. The van der Waals surface area contributed by atoms with Crippen LogP contribution in [0, 0.1) is 0 Å². The number of dihydropyridines is 1. The Kier molecular flexibility index (Phi) is 6.39. The Labute approximate surface area is 189 Å². The zero-order chi connectivity index (χ0) is 22.1. The first-order valence-corrected chi connectivity index (χ1v) is 11.3. The maximum atomic E-state index is 13.2. The fourth-order valence-electron chi connectivity index (χ4n) is 4.53. The van der Waals surface area contributed by atoms with E-state index >= 15 is 0 Å². The van der Waals surface area contributed by atoms with E-state index in [0.717, 1.165) is 31.4 Å². The molecule has 7 nitrogen and oxygen atoms in total. The number of rotatable bonds is 5. The molecule has 0 amide bonds. The second kappa shape index (κ2) is 9.04. The van der Waals surface area contributed by atoms with Gasteiger partial charge in [-0.15, -0.1) is 0 Å². The monoisotopic (exact) mass is 491 g/mol. The summed E-state index contributed by atoms with van der Waals surface area (Å²) in [7, 11) is 1.46. The summed E-state index contributed by atoms with van der Waals surface area (Å²) in [6, 6.07) is 3.39. The fraction of sp³-hybridized carbons (Fsp3) is 0.478. The van der Waals surface area contributed by atoms with Gasteiger partial charge in [0.15, 0.2) is 17.3 Å². The number of ether oxygens (including phenoxy) is 3. The van der Waals surface area contributed by atoms with Gasteiger partial charge in [0.05, 0.1) is 23.3 Å². The minimum atomic E-state index is -0.605. The summed E-state index contributed by atoms with van der Waals surface area (Å²) in [6.45, 7) is 2.69. The van der Waals surface area contributed by atoms with E-state index in [1.165, 1.54) is 7.11 Å². The van der Waals surface area contributed by atoms with Crippen molar-refractivity contribution in [3.63, 3.8) is 0 Å². The van der Waals surface area contributed by atoms with Crippen LogP contribution in [0.4, 0.5) is 0 Å². The number of esters is 1. The van der Waals surface area contributed by atoms with Gasteiger partial charge >= 0.3 is 5.97 Å². The molecule has 2 heterocycles. The summed E-state index contributed by atoms with van der Waals surface area (Å²) >= 11 is 3.36. The maximum Gasteiger partial charge on any atom is 0.336 e. The number of allylic oxidation sites excluding steroid dienone is 3. The number of nitrogens with one attached hydrogen (secondary N) is 1. The predicted octanol–water partition coefficient (Wildman–Crippen LogP) is 3.85. The van der Waals surface area contributed by atoms with E-state index in [-0.39, 0.29) is 30.0 Å². The maximum absolute atomic E-state index is 13.2. The molecule has 2 atom stereocenters. The molecule has 1 aromatic carbocycles. The first-order valence-electron chi connectivity index (χ1n) is 10.5. The Morgan fingerprint density at radius 1 is 1.32 bits per heavy atom. The Morgan fingerprint density at radius 2 is 2.13 bits per heavy atom. The van der Waals surface area contributed by atoms with Crippen LogP contribution in [0.3, 0.4) is 0 Å². The second-order valence-corrected chi connectivity index (χ2v) is 8.91. The molecule has 2 N–H and O–H groups in total. The van der Waals surface area contributed by atoms with Crippen molar-refractivity contribution in [2.45, 2.75) is 51.0 Å². The Bertz CT molecular complexity index is 977. The molecule has 0 aromatic heterocycles. The van der Waals surface area contributed by atoms with Crippen molar-refractivity contribution in [1.82, 2.24) is 5.32 Å². The third-order valence-electron chi connectivity index (χ3n) is 6.02. The SMILES string of the molecule is COc1cc([C@@H]2C(C(=O)OC[C@H]3CCCO3)=C(C)NC3=C2C(=O)CCC3)cc(Br)c1O. The smallest absolute Gasteiger partial charge is 0.336 e. The van der Waals surface area contributed by atoms with Crippen molar-refractivity contribution in [2.75, 3.05) is 20.3 Å². The standard InChI is InChI=1S/C23H26BrNO6/c1-12-19(23(28)31-11-14-5-4-8-30-14)20(21-16(25-12)6-3-7-17(21)26)13-9-15(24)22(27)18(10-13)29-2/h9-10,14,20,25,27H,3-8,11H2,1-2H3/t14-,20-/m1/s1. The van der Waals surface area contributed by atoms with E-state index in [2.05, 4.69) is 21.2 Å². The summed E-state index contributed by atoms with van der Waals surface area (Å²) in [5.74, 6) is -0.838. The summed E-state index contributed by atoms with van der Waals surface area (Å²) < 4.78 is 16.9. The highest BCUT2D eigenvalue weighted by molar-refractivity contribution is 9.10. The number of phenolic OH excluding ortho intramolecular Hbond substituents is 1. The van der Waals surface area contributed by atoms with Gasteiger partial charge in [-0.2, -0.15) is 0 Å². The van der Waals surface area contributed by atoms with Crippen LogP contribution in [0.5, 0.6) is 11.5 Å². The van der Waals surface area contributed by atoms with Gasteiger partial charge < -0.3 is 24.6 Å². The van der Waals surface area contributed by atoms with E-state index < -0.39 is 11.9 Å².